The van der Waals surface area contributed by atoms with E-state index >= 15 is 0 Å². The van der Waals surface area contributed by atoms with Crippen LogP contribution in [0.25, 0.3) is 0 Å². The van der Waals surface area contributed by atoms with E-state index in [9.17, 15) is 21.8 Å². The third kappa shape index (κ3) is 2.91. The van der Waals surface area contributed by atoms with E-state index in [0.717, 1.165) is 0 Å². The van der Waals surface area contributed by atoms with E-state index in [1.54, 1.807) is 0 Å². The Kier molecular flexibility index (Phi) is 7.21. The molecule has 0 aliphatic heterocycles. The number of alkyl halides is 2. The summed E-state index contributed by atoms with van der Waals surface area (Å²) in [5, 5.41) is 9.04. The van der Waals surface area contributed by atoms with E-state index < -0.39 is 34.3 Å². The molecule has 1 atom stereocenters. The van der Waals surface area contributed by atoms with Crippen LogP contribution in [0.2, 0.25) is 0 Å². The number of aliphatic hydroxyl groups is 1. The maximum absolute atomic E-state index is 12.3. The van der Waals surface area contributed by atoms with Crippen molar-refractivity contribution in [3.05, 3.63) is 0 Å². The van der Waals surface area contributed by atoms with E-state index in [2.05, 4.69) is 0 Å². The molecule has 0 aromatic carbocycles. The first kappa shape index (κ1) is 16.7. The number of hydrogen-bond donors (Lipinski definition) is 1. The molecule has 0 aromatic heterocycles. The molecular weight excluding hydrogens is 213 g/mol. The maximum atomic E-state index is 12.3. The van der Waals surface area contributed by atoms with E-state index in [-0.39, 0.29) is 25.3 Å². The monoisotopic (exact) mass is 224 g/mol. The fourth-order valence-electron chi connectivity index (χ4n) is 0.886. The molecule has 0 fully saturated rings. The van der Waals surface area contributed by atoms with Gasteiger partial charge in [-0.25, -0.2) is 17.2 Å². The van der Waals surface area contributed by atoms with Crippen LogP contribution >= 0.6 is 0 Å². The Balaban J connectivity index is 0. The molecule has 0 spiro atoms. The van der Waals surface area contributed by atoms with Crippen molar-refractivity contribution in [3.63, 3.8) is 0 Å². The van der Waals surface area contributed by atoms with Gasteiger partial charge in [-0.3, -0.25) is 0 Å². The topological polar surface area (TPSA) is 77.4 Å². The SMILES string of the molecule is CCC(O)C(CF)(CF)S(=O)(=O)[O-].[Li+]. The minimum absolute atomic E-state index is 0. The Bertz CT molecular complexity index is 253. The molecule has 0 aromatic rings. The van der Waals surface area contributed by atoms with Crippen molar-refractivity contribution in [1.29, 1.82) is 0 Å². The minimum atomic E-state index is -5.19. The Hall–Kier alpha value is 0.327. The summed E-state index contributed by atoms with van der Waals surface area (Å²) in [5.41, 5.74) is 0. The molecule has 0 heterocycles. The van der Waals surface area contributed by atoms with Crippen molar-refractivity contribution in [2.24, 2.45) is 0 Å². The van der Waals surface area contributed by atoms with Crippen molar-refractivity contribution >= 4 is 10.1 Å². The molecule has 0 aliphatic carbocycles. The van der Waals surface area contributed by atoms with Crippen molar-refractivity contribution in [1.82, 2.24) is 0 Å². The summed E-state index contributed by atoms with van der Waals surface area (Å²) in [7, 11) is -5.19. The van der Waals surface area contributed by atoms with Gasteiger partial charge in [-0.15, -0.1) is 0 Å². The molecule has 14 heavy (non-hydrogen) atoms. The number of rotatable bonds is 5. The fraction of sp³-hybridized carbons (Fsp3) is 1.00. The van der Waals surface area contributed by atoms with Gasteiger partial charge < -0.3 is 9.66 Å². The molecule has 0 saturated heterocycles. The smallest absolute Gasteiger partial charge is 0.747 e. The van der Waals surface area contributed by atoms with E-state index in [1.165, 1.54) is 6.92 Å². The first-order valence-electron chi connectivity index (χ1n) is 3.61. The fourth-order valence-corrected chi connectivity index (χ4v) is 1.65. The Morgan fingerprint density at radius 2 is 1.79 bits per heavy atom. The quantitative estimate of drug-likeness (QED) is 0.398. The van der Waals surface area contributed by atoms with Crippen molar-refractivity contribution in [3.8, 4) is 0 Å². The minimum Gasteiger partial charge on any atom is -0.747 e. The average molecular weight is 224 g/mol. The molecular formula is C6H11F2LiO4S. The van der Waals surface area contributed by atoms with E-state index in [4.69, 9.17) is 5.11 Å². The zero-order chi connectivity index (χ0) is 10.7. The maximum Gasteiger partial charge on any atom is 1.00 e. The van der Waals surface area contributed by atoms with Crippen molar-refractivity contribution in [2.45, 2.75) is 24.2 Å². The van der Waals surface area contributed by atoms with Gasteiger partial charge >= 0.3 is 18.9 Å². The summed E-state index contributed by atoms with van der Waals surface area (Å²) in [6.45, 7) is -2.11. The van der Waals surface area contributed by atoms with Gasteiger partial charge in [0.05, 0.1) is 6.10 Å². The third-order valence-electron chi connectivity index (χ3n) is 1.94. The van der Waals surface area contributed by atoms with E-state index in [0.29, 0.717) is 0 Å². The van der Waals surface area contributed by atoms with Crippen molar-refractivity contribution in [2.75, 3.05) is 13.3 Å². The molecule has 0 saturated carbocycles. The molecule has 1 unspecified atom stereocenters. The molecule has 0 aliphatic rings. The van der Waals surface area contributed by atoms with Gasteiger partial charge in [0.2, 0.25) is 0 Å². The molecule has 8 heteroatoms. The van der Waals surface area contributed by atoms with Gasteiger partial charge in [0.15, 0.2) is 0 Å². The number of aliphatic hydroxyl groups excluding tert-OH is 1. The predicted octanol–water partition coefficient (Wildman–Crippen LogP) is -3.02. The third-order valence-corrected chi connectivity index (χ3v) is 3.43. The van der Waals surface area contributed by atoms with Crippen LogP contribution in [0.1, 0.15) is 13.3 Å². The van der Waals surface area contributed by atoms with Crippen LogP contribution in [0.4, 0.5) is 8.78 Å². The van der Waals surface area contributed by atoms with Crippen LogP contribution in [-0.4, -0.2) is 42.3 Å². The molecule has 4 nitrogen and oxygen atoms in total. The van der Waals surface area contributed by atoms with Crippen LogP contribution in [0.15, 0.2) is 0 Å². The second-order valence-electron chi connectivity index (χ2n) is 2.71. The molecule has 0 rings (SSSR count). The van der Waals surface area contributed by atoms with Gasteiger partial charge in [0.25, 0.3) is 0 Å². The van der Waals surface area contributed by atoms with Crippen LogP contribution in [0, 0.1) is 0 Å². The number of hydrogen-bond acceptors (Lipinski definition) is 4. The summed E-state index contributed by atoms with van der Waals surface area (Å²) in [5.74, 6) is 0. The molecule has 0 amide bonds. The summed E-state index contributed by atoms with van der Waals surface area (Å²) < 4.78 is 53.3. The first-order chi connectivity index (χ1) is 5.85. The van der Waals surface area contributed by atoms with Crippen LogP contribution in [-0.2, 0) is 10.1 Å². The van der Waals surface area contributed by atoms with Crippen LogP contribution in [0.5, 0.6) is 0 Å². The summed E-state index contributed by atoms with van der Waals surface area (Å²) in [6.07, 6.45) is -2.01. The normalized spacial score (nSPS) is 14.6. The summed E-state index contributed by atoms with van der Waals surface area (Å²) in [6, 6.07) is 0. The molecule has 0 radical (unpaired) electrons. The molecule has 80 valence electrons. The van der Waals surface area contributed by atoms with Gasteiger partial charge in [0.1, 0.15) is 28.2 Å². The van der Waals surface area contributed by atoms with Gasteiger partial charge in [-0.05, 0) is 6.42 Å². The van der Waals surface area contributed by atoms with Crippen LogP contribution in [0.3, 0.4) is 0 Å². The predicted molar refractivity (Wildman–Crippen MR) is 40.7 cm³/mol. The van der Waals surface area contributed by atoms with E-state index in [1.807, 2.05) is 0 Å². The first-order valence-corrected chi connectivity index (χ1v) is 5.02. The Labute approximate surface area is 93.6 Å². The molecule has 1 N–H and O–H groups in total. The van der Waals surface area contributed by atoms with Gasteiger partial charge in [0, 0.05) is 0 Å². The molecule has 0 bridgehead atoms. The second-order valence-corrected chi connectivity index (χ2v) is 4.43. The van der Waals surface area contributed by atoms with Crippen LogP contribution < -0.4 is 18.9 Å². The van der Waals surface area contributed by atoms with Gasteiger partial charge in [-0.2, -0.15) is 0 Å². The van der Waals surface area contributed by atoms with Crippen molar-refractivity contribution < 1.29 is 45.7 Å². The standard InChI is InChI=1S/C6H12F2O4S.Li/c1-2-5(9)6(3-7,4-8)13(10,11)12;/h5,9H,2-4H2,1H3,(H,10,11,12);/q;+1/p-1. The zero-order valence-corrected chi connectivity index (χ0v) is 8.85. The second kappa shape index (κ2) is 6.03. The largest absolute Gasteiger partial charge is 1.00 e. The van der Waals surface area contributed by atoms with Gasteiger partial charge in [-0.1, -0.05) is 6.92 Å². The summed E-state index contributed by atoms with van der Waals surface area (Å²) >= 11 is 0. The number of halogens is 2. The Morgan fingerprint density at radius 3 is 1.86 bits per heavy atom. The average Bonchev–Trinajstić information content (AvgIpc) is 2.04. The Morgan fingerprint density at radius 1 is 1.43 bits per heavy atom. The zero-order valence-electron chi connectivity index (χ0n) is 8.03. The summed E-state index contributed by atoms with van der Waals surface area (Å²) in [4.78, 5) is 0.